The van der Waals surface area contributed by atoms with Crippen molar-refractivity contribution in [2.75, 3.05) is 13.1 Å². The molecular formula is C19H17F3N4O4. The quantitative estimate of drug-likeness (QED) is 0.655. The molecule has 1 atom stereocenters. The van der Waals surface area contributed by atoms with Crippen LogP contribution in [0.25, 0.3) is 10.8 Å². The summed E-state index contributed by atoms with van der Waals surface area (Å²) in [4.78, 5) is 49.0. The third kappa shape index (κ3) is 4.34. The largest absolute Gasteiger partial charge is 0.405 e. The number of benzene rings is 2. The summed E-state index contributed by atoms with van der Waals surface area (Å²) in [6.07, 6.45) is -4.65. The Balaban J connectivity index is 1.70. The molecule has 0 aliphatic carbocycles. The van der Waals surface area contributed by atoms with E-state index in [1.54, 1.807) is 23.5 Å². The van der Waals surface area contributed by atoms with Gasteiger partial charge in [0.05, 0.1) is 0 Å². The Morgan fingerprint density at radius 3 is 2.43 bits per heavy atom. The fourth-order valence-electron chi connectivity index (χ4n) is 3.07. The van der Waals surface area contributed by atoms with Crippen molar-refractivity contribution in [3.05, 3.63) is 48.0 Å². The van der Waals surface area contributed by atoms with Gasteiger partial charge in [0.2, 0.25) is 5.91 Å². The molecule has 2 aromatic carbocycles. The first-order valence-electron chi connectivity index (χ1n) is 8.77. The second-order valence-electron chi connectivity index (χ2n) is 6.85. The molecule has 1 fully saturated rings. The number of rotatable bonds is 4. The lowest BCUT2D eigenvalue weighted by molar-refractivity contribution is -0.134. The van der Waals surface area contributed by atoms with Gasteiger partial charge in [-0.2, -0.15) is 13.2 Å². The number of carbonyl (C=O) groups is 4. The minimum Gasteiger partial charge on any atom is -0.329 e. The molecule has 11 heteroatoms. The van der Waals surface area contributed by atoms with Crippen LogP contribution in [0.2, 0.25) is 0 Å². The van der Waals surface area contributed by atoms with E-state index in [4.69, 9.17) is 0 Å². The number of imide groups is 2. The highest BCUT2D eigenvalue weighted by Crippen LogP contribution is 2.30. The summed E-state index contributed by atoms with van der Waals surface area (Å²) in [6, 6.07) is 10.4. The van der Waals surface area contributed by atoms with Crippen LogP contribution >= 0.6 is 0 Å². The minimum absolute atomic E-state index is 0.491. The number of fused-ring (bicyclic) bond motifs is 1. The zero-order valence-corrected chi connectivity index (χ0v) is 15.7. The summed E-state index contributed by atoms with van der Waals surface area (Å²) in [5.41, 5.74) is -0.953. The van der Waals surface area contributed by atoms with Crippen molar-refractivity contribution in [1.29, 1.82) is 0 Å². The summed E-state index contributed by atoms with van der Waals surface area (Å²) < 4.78 is 36.3. The van der Waals surface area contributed by atoms with Crippen molar-refractivity contribution in [3.63, 3.8) is 0 Å². The second kappa shape index (κ2) is 7.65. The Hall–Kier alpha value is -3.63. The molecule has 1 aliphatic heterocycles. The van der Waals surface area contributed by atoms with E-state index in [-0.39, 0.29) is 0 Å². The van der Waals surface area contributed by atoms with Crippen LogP contribution in [-0.2, 0) is 15.1 Å². The molecule has 2 aromatic rings. The number of amides is 6. The van der Waals surface area contributed by atoms with Crippen LogP contribution in [0.1, 0.15) is 12.5 Å². The summed E-state index contributed by atoms with van der Waals surface area (Å²) in [6.45, 7) is -0.978. The molecule has 6 amide bonds. The van der Waals surface area contributed by atoms with Crippen molar-refractivity contribution in [1.82, 2.24) is 20.9 Å². The van der Waals surface area contributed by atoms with Crippen molar-refractivity contribution in [2.24, 2.45) is 0 Å². The number of hydrogen-bond acceptors (Lipinski definition) is 4. The third-order valence-electron chi connectivity index (χ3n) is 4.61. The van der Waals surface area contributed by atoms with Gasteiger partial charge in [-0.1, -0.05) is 36.4 Å². The van der Waals surface area contributed by atoms with Gasteiger partial charge in [0.1, 0.15) is 18.6 Å². The first-order chi connectivity index (χ1) is 14.0. The first kappa shape index (κ1) is 21.1. The predicted octanol–water partition coefficient (Wildman–Crippen LogP) is 1.99. The van der Waals surface area contributed by atoms with E-state index in [1.807, 2.05) is 24.3 Å². The number of nitrogens with zero attached hydrogens (tertiary/aromatic N) is 1. The Bertz CT molecular complexity index is 1040. The highest BCUT2D eigenvalue weighted by atomic mass is 19.4. The zero-order chi connectivity index (χ0) is 22.1. The molecule has 158 valence electrons. The second-order valence-corrected chi connectivity index (χ2v) is 6.85. The minimum atomic E-state index is -4.65. The van der Waals surface area contributed by atoms with Gasteiger partial charge < -0.3 is 10.6 Å². The van der Waals surface area contributed by atoms with Gasteiger partial charge in [0.25, 0.3) is 5.91 Å². The molecule has 0 saturated carbocycles. The fourth-order valence-corrected chi connectivity index (χ4v) is 3.07. The van der Waals surface area contributed by atoms with E-state index in [1.165, 1.54) is 12.2 Å². The SMILES string of the molecule is C[C@@]1(c2ccc3ccccc3c2)NC(=O)N(CC(=O)NC(=O)NCC(F)(F)F)C1=O. The summed E-state index contributed by atoms with van der Waals surface area (Å²) >= 11 is 0. The standard InChI is InChI=1S/C19H17F3N4O4/c1-18(13-7-6-11-4-2-3-5-12(11)8-13)15(28)26(17(30)25-18)9-14(27)24-16(29)23-10-19(20,21)22/h2-8H,9-10H2,1H3,(H,25,30)(H2,23,24,27,29)/t18-/m0/s1. The summed E-state index contributed by atoms with van der Waals surface area (Å²) in [5, 5.41) is 7.41. The topological polar surface area (TPSA) is 108 Å². The number of nitrogens with one attached hydrogen (secondary N) is 3. The van der Waals surface area contributed by atoms with Gasteiger partial charge in [-0.25, -0.2) is 9.59 Å². The molecule has 0 aromatic heterocycles. The van der Waals surface area contributed by atoms with Crippen LogP contribution in [0, 0.1) is 0 Å². The average Bonchev–Trinajstić information content (AvgIpc) is 2.89. The molecule has 1 aliphatic rings. The van der Waals surface area contributed by atoms with Crippen LogP contribution < -0.4 is 16.0 Å². The average molecular weight is 422 g/mol. The van der Waals surface area contributed by atoms with Crippen molar-refractivity contribution in [2.45, 2.75) is 18.6 Å². The zero-order valence-electron chi connectivity index (χ0n) is 15.7. The van der Waals surface area contributed by atoms with E-state index in [0.29, 0.717) is 10.5 Å². The molecule has 30 heavy (non-hydrogen) atoms. The highest BCUT2D eigenvalue weighted by Gasteiger charge is 2.49. The Morgan fingerprint density at radius 1 is 1.10 bits per heavy atom. The van der Waals surface area contributed by atoms with Crippen LogP contribution in [0.5, 0.6) is 0 Å². The van der Waals surface area contributed by atoms with Crippen molar-refractivity contribution in [3.8, 4) is 0 Å². The number of carbonyl (C=O) groups excluding carboxylic acids is 4. The maximum Gasteiger partial charge on any atom is 0.405 e. The molecule has 0 bridgehead atoms. The van der Waals surface area contributed by atoms with Crippen molar-refractivity contribution >= 4 is 34.6 Å². The van der Waals surface area contributed by atoms with Gasteiger partial charge in [-0.3, -0.25) is 19.8 Å². The molecule has 3 rings (SSSR count). The van der Waals surface area contributed by atoms with Gasteiger partial charge in [-0.15, -0.1) is 0 Å². The maximum absolute atomic E-state index is 12.9. The Kier molecular flexibility index (Phi) is 5.38. The maximum atomic E-state index is 12.9. The van der Waals surface area contributed by atoms with E-state index < -0.39 is 48.7 Å². The third-order valence-corrected chi connectivity index (χ3v) is 4.61. The molecule has 3 N–H and O–H groups in total. The molecule has 0 unspecified atom stereocenters. The Labute approximate surface area is 168 Å². The predicted molar refractivity (Wildman–Crippen MR) is 99.1 cm³/mol. The van der Waals surface area contributed by atoms with Crippen LogP contribution in [0.3, 0.4) is 0 Å². The van der Waals surface area contributed by atoms with Gasteiger partial charge >= 0.3 is 18.2 Å². The van der Waals surface area contributed by atoms with E-state index >= 15 is 0 Å². The number of urea groups is 2. The van der Waals surface area contributed by atoms with Gasteiger partial charge in [0.15, 0.2) is 0 Å². The number of alkyl halides is 3. The molecule has 1 heterocycles. The van der Waals surface area contributed by atoms with E-state index in [9.17, 15) is 32.3 Å². The molecule has 0 radical (unpaired) electrons. The van der Waals surface area contributed by atoms with Gasteiger partial charge in [0, 0.05) is 0 Å². The van der Waals surface area contributed by atoms with Crippen LogP contribution in [0.4, 0.5) is 22.8 Å². The number of hydrogen-bond donors (Lipinski definition) is 3. The fraction of sp³-hybridized carbons (Fsp3) is 0.263. The van der Waals surface area contributed by atoms with Crippen molar-refractivity contribution < 1.29 is 32.3 Å². The first-order valence-corrected chi connectivity index (χ1v) is 8.77. The molecule has 1 saturated heterocycles. The van der Waals surface area contributed by atoms with Gasteiger partial charge in [-0.05, 0) is 29.3 Å². The highest BCUT2D eigenvalue weighted by molar-refractivity contribution is 6.10. The normalized spacial score (nSPS) is 19.0. The Morgan fingerprint density at radius 2 is 1.77 bits per heavy atom. The van der Waals surface area contributed by atoms with E-state index in [2.05, 4.69) is 5.32 Å². The molecule has 8 nitrogen and oxygen atoms in total. The smallest absolute Gasteiger partial charge is 0.329 e. The van der Waals surface area contributed by atoms with Crippen LogP contribution in [-0.4, -0.2) is 48.0 Å². The summed E-state index contributed by atoms with van der Waals surface area (Å²) in [5.74, 6) is -1.84. The molecule has 0 spiro atoms. The summed E-state index contributed by atoms with van der Waals surface area (Å²) in [7, 11) is 0. The number of halogens is 3. The van der Waals surface area contributed by atoms with E-state index in [0.717, 1.165) is 10.8 Å². The lowest BCUT2D eigenvalue weighted by atomic mass is 9.90. The lowest BCUT2D eigenvalue weighted by Gasteiger charge is -2.22. The lowest BCUT2D eigenvalue weighted by Crippen LogP contribution is -2.48. The monoisotopic (exact) mass is 422 g/mol. The van der Waals surface area contributed by atoms with Crippen LogP contribution in [0.15, 0.2) is 42.5 Å². The molecular weight excluding hydrogens is 405 g/mol.